The standard InChI is InChI=1S/C21H26N4O5S2/c1-15-3-9-18(10-4-15)32(29,30)25-12-11-19-20(22-14-23-21(19)25)24(2)17-7-5-16(6-8-17)13-31(26,27)28/h3-4,9-12,14,16-17H,5-8,13H2,1-2H3,(H,26,27,28)/t16-,17-. The van der Waals surface area contributed by atoms with Crippen LogP contribution < -0.4 is 4.90 Å². The molecule has 1 aliphatic rings. The molecule has 0 spiro atoms. The maximum Gasteiger partial charge on any atom is 0.269 e. The van der Waals surface area contributed by atoms with E-state index in [0.717, 1.165) is 18.4 Å². The summed E-state index contributed by atoms with van der Waals surface area (Å²) >= 11 is 0. The lowest BCUT2D eigenvalue weighted by molar-refractivity contribution is 0.335. The van der Waals surface area contributed by atoms with Gasteiger partial charge in [-0.1, -0.05) is 17.7 Å². The van der Waals surface area contributed by atoms with Crippen molar-refractivity contribution in [2.24, 2.45) is 5.92 Å². The topological polar surface area (TPSA) is 122 Å². The Labute approximate surface area is 187 Å². The van der Waals surface area contributed by atoms with Gasteiger partial charge < -0.3 is 4.90 Å². The molecule has 0 unspecified atom stereocenters. The second-order valence-corrected chi connectivity index (χ2v) is 11.7. The largest absolute Gasteiger partial charge is 0.356 e. The van der Waals surface area contributed by atoms with E-state index in [4.69, 9.17) is 4.55 Å². The van der Waals surface area contributed by atoms with Crippen LogP contribution in [0.15, 0.2) is 47.8 Å². The first-order valence-electron chi connectivity index (χ1n) is 10.4. The van der Waals surface area contributed by atoms with Gasteiger partial charge in [-0.3, -0.25) is 4.55 Å². The summed E-state index contributed by atoms with van der Waals surface area (Å²) in [4.78, 5) is 10.9. The van der Waals surface area contributed by atoms with E-state index in [-0.39, 0.29) is 22.6 Å². The van der Waals surface area contributed by atoms with E-state index in [1.165, 1.54) is 16.5 Å². The summed E-state index contributed by atoms with van der Waals surface area (Å²) in [5.41, 5.74) is 1.28. The molecule has 9 nitrogen and oxygen atoms in total. The number of anilines is 1. The Morgan fingerprint density at radius 3 is 2.31 bits per heavy atom. The van der Waals surface area contributed by atoms with E-state index >= 15 is 0 Å². The SMILES string of the molecule is Cc1ccc(S(=O)(=O)n2ccc3c(N(C)[C@H]4CC[C@H](CS(=O)(=O)O)CC4)ncnc32)cc1. The van der Waals surface area contributed by atoms with Crippen molar-refractivity contribution in [3.8, 4) is 0 Å². The summed E-state index contributed by atoms with van der Waals surface area (Å²) in [5, 5.41) is 0.630. The normalized spacial score (nSPS) is 19.8. The maximum absolute atomic E-state index is 13.2. The highest BCUT2D eigenvalue weighted by atomic mass is 32.2. The van der Waals surface area contributed by atoms with Crippen molar-refractivity contribution in [1.82, 2.24) is 13.9 Å². The highest BCUT2D eigenvalue weighted by Crippen LogP contribution is 2.33. The predicted molar refractivity (Wildman–Crippen MR) is 122 cm³/mol. The van der Waals surface area contributed by atoms with Crippen LogP contribution in [0.25, 0.3) is 11.0 Å². The van der Waals surface area contributed by atoms with E-state index in [9.17, 15) is 16.8 Å². The van der Waals surface area contributed by atoms with Crippen molar-refractivity contribution < 1.29 is 21.4 Å². The Morgan fingerprint density at radius 1 is 1.03 bits per heavy atom. The van der Waals surface area contributed by atoms with Gasteiger partial charge >= 0.3 is 0 Å². The summed E-state index contributed by atoms with van der Waals surface area (Å²) in [6, 6.07) is 8.50. The molecule has 3 aromatic rings. The monoisotopic (exact) mass is 478 g/mol. The number of hydrogen-bond donors (Lipinski definition) is 1. The minimum absolute atomic E-state index is 0.0548. The zero-order valence-corrected chi connectivity index (χ0v) is 19.6. The zero-order chi connectivity index (χ0) is 23.1. The second-order valence-electron chi connectivity index (χ2n) is 8.40. The summed E-state index contributed by atoms with van der Waals surface area (Å²) < 4.78 is 58.9. The van der Waals surface area contributed by atoms with Gasteiger partial charge in [-0.2, -0.15) is 8.42 Å². The van der Waals surface area contributed by atoms with Gasteiger partial charge in [0, 0.05) is 19.3 Å². The van der Waals surface area contributed by atoms with Crippen LogP contribution in [0, 0.1) is 12.8 Å². The number of aryl methyl sites for hydroxylation is 1. The molecule has 0 saturated heterocycles. The van der Waals surface area contributed by atoms with Crippen LogP contribution in [-0.4, -0.2) is 54.2 Å². The minimum atomic E-state index is -3.97. The highest BCUT2D eigenvalue weighted by Gasteiger charge is 2.29. The molecule has 1 N–H and O–H groups in total. The van der Waals surface area contributed by atoms with Crippen LogP contribution in [0.1, 0.15) is 31.2 Å². The summed E-state index contributed by atoms with van der Waals surface area (Å²) in [5.74, 6) is 0.368. The molecule has 1 aliphatic carbocycles. The van der Waals surface area contributed by atoms with Gasteiger partial charge in [0.15, 0.2) is 5.65 Å². The molecule has 0 bridgehead atoms. The molecule has 0 aliphatic heterocycles. The summed E-state index contributed by atoms with van der Waals surface area (Å²) in [6.07, 6.45) is 5.74. The van der Waals surface area contributed by atoms with Crippen molar-refractivity contribution in [1.29, 1.82) is 0 Å². The first-order chi connectivity index (χ1) is 15.1. The van der Waals surface area contributed by atoms with E-state index in [0.29, 0.717) is 29.7 Å². The molecule has 2 aromatic heterocycles. The average molecular weight is 479 g/mol. The number of nitrogens with zero attached hydrogens (tertiary/aromatic N) is 4. The van der Waals surface area contributed by atoms with Crippen LogP contribution in [0.5, 0.6) is 0 Å². The lowest BCUT2D eigenvalue weighted by atomic mass is 9.86. The van der Waals surface area contributed by atoms with E-state index in [1.54, 1.807) is 30.3 Å². The van der Waals surface area contributed by atoms with Gasteiger partial charge in [0.1, 0.15) is 12.1 Å². The Balaban J connectivity index is 1.60. The molecular weight excluding hydrogens is 452 g/mol. The van der Waals surface area contributed by atoms with Crippen molar-refractivity contribution in [3.05, 3.63) is 48.4 Å². The molecule has 2 heterocycles. The molecule has 4 rings (SSSR count). The minimum Gasteiger partial charge on any atom is -0.356 e. The van der Waals surface area contributed by atoms with Crippen LogP contribution in [-0.2, 0) is 20.1 Å². The van der Waals surface area contributed by atoms with E-state index in [1.807, 2.05) is 18.9 Å². The Kier molecular flexibility index (Phi) is 5.99. The molecular formula is C21H26N4O5S2. The fraction of sp³-hybridized carbons (Fsp3) is 0.429. The Morgan fingerprint density at radius 2 is 1.69 bits per heavy atom. The van der Waals surface area contributed by atoms with Gasteiger partial charge in [-0.15, -0.1) is 0 Å². The molecule has 172 valence electrons. The first kappa shape index (κ1) is 22.7. The van der Waals surface area contributed by atoms with Crippen molar-refractivity contribution in [2.45, 2.75) is 43.5 Å². The number of hydrogen-bond acceptors (Lipinski definition) is 7. The molecule has 32 heavy (non-hydrogen) atoms. The predicted octanol–water partition coefficient (Wildman–Crippen LogP) is 2.86. The fourth-order valence-corrected chi connectivity index (χ4v) is 6.61. The number of aromatic nitrogens is 3. The van der Waals surface area contributed by atoms with Gasteiger partial charge in [0.05, 0.1) is 16.0 Å². The number of rotatable bonds is 6. The molecule has 11 heteroatoms. The Hall–Kier alpha value is -2.50. The number of fused-ring (bicyclic) bond motifs is 1. The van der Waals surface area contributed by atoms with Crippen LogP contribution >= 0.6 is 0 Å². The maximum atomic E-state index is 13.2. The van der Waals surface area contributed by atoms with Crippen molar-refractivity contribution >= 4 is 37.0 Å². The van der Waals surface area contributed by atoms with Gasteiger partial charge in [0.25, 0.3) is 20.1 Å². The van der Waals surface area contributed by atoms with Gasteiger partial charge in [0.2, 0.25) is 0 Å². The second kappa shape index (κ2) is 8.45. The fourth-order valence-electron chi connectivity index (χ4n) is 4.38. The van der Waals surface area contributed by atoms with Crippen LogP contribution in [0.3, 0.4) is 0 Å². The molecule has 0 radical (unpaired) electrons. The van der Waals surface area contributed by atoms with Gasteiger partial charge in [-0.25, -0.2) is 22.4 Å². The zero-order valence-electron chi connectivity index (χ0n) is 17.9. The van der Waals surface area contributed by atoms with Crippen LogP contribution in [0.4, 0.5) is 5.82 Å². The lowest BCUT2D eigenvalue weighted by Crippen LogP contribution is -2.37. The third-order valence-corrected chi connectivity index (χ3v) is 8.72. The molecule has 1 fully saturated rings. The summed E-state index contributed by atoms with van der Waals surface area (Å²) in [7, 11) is -5.87. The quantitative estimate of drug-likeness (QED) is 0.537. The summed E-state index contributed by atoms with van der Waals surface area (Å²) in [6.45, 7) is 1.90. The number of benzene rings is 1. The molecule has 0 atom stereocenters. The molecule has 1 aromatic carbocycles. The van der Waals surface area contributed by atoms with Gasteiger partial charge in [-0.05, 0) is 56.7 Å². The van der Waals surface area contributed by atoms with Crippen molar-refractivity contribution in [2.75, 3.05) is 17.7 Å². The third kappa shape index (κ3) is 4.50. The highest BCUT2D eigenvalue weighted by molar-refractivity contribution is 7.90. The first-order valence-corrected chi connectivity index (χ1v) is 13.4. The lowest BCUT2D eigenvalue weighted by Gasteiger charge is -2.35. The van der Waals surface area contributed by atoms with E-state index < -0.39 is 20.1 Å². The average Bonchev–Trinajstić information content (AvgIpc) is 3.18. The smallest absolute Gasteiger partial charge is 0.269 e. The van der Waals surface area contributed by atoms with Crippen LogP contribution in [0.2, 0.25) is 0 Å². The third-order valence-electron chi connectivity index (χ3n) is 6.15. The Bertz CT molecular complexity index is 1330. The van der Waals surface area contributed by atoms with Crippen molar-refractivity contribution in [3.63, 3.8) is 0 Å². The van der Waals surface area contributed by atoms with E-state index in [2.05, 4.69) is 9.97 Å². The molecule has 1 saturated carbocycles. The molecule has 0 amide bonds.